The van der Waals surface area contributed by atoms with Crippen LogP contribution in [0.1, 0.15) is 38.3 Å². The average Bonchev–Trinajstić information content (AvgIpc) is 2.52. The highest BCUT2D eigenvalue weighted by atomic mass is 16.1. The van der Waals surface area contributed by atoms with Gasteiger partial charge in [-0.2, -0.15) is 0 Å². The van der Waals surface area contributed by atoms with E-state index in [9.17, 15) is 4.79 Å². The van der Waals surface area contributed by atoms with E-state index in [1.165, 1.54) is 5.56 Å². The van der Waals surface area contributed by atoms with Crippen LogP contribution in [0.2, 0.25) is 0 Å². The van der Waals surface area contributed by atoms with Crippen molar-refractivity contribution in [2.75, 3.05) is 26.2 Å². The molecule has 4 nitrogen and oxygen atoms in total. The molecule has 0 bridgehead atoms. The Morgan fingerprint density at radius 1 is 1.05 bits per heavy atom. The Bertz CT molecular complexity index is 399. The second kappa shape index (κ2) is 10.4. The summed E-state index contributed by atoms with van der Waals surface area (Å²) in [6.07, 6.45) is 1.04. The summed E-state index contributed by atoms with van der Waals surface area (Å²) in [5.41, 5.74) is 2.46. The highest BCUT2D eigenvalue weighted by Gasteiger charge is 2.03. The van der Waals surface area contributed by atoms with Gasteiger partial charge in [0.25, 0.3) is 0 Å². The van der Waals surface area contributed by atoms with Crippen molar-refractivity contribution in [1.29, 1.82) is 0 Å². The summed E-state index contributed by atoms with van der Waals surface area (Å²) < 4.78 is 0. The standard InChI is InChI=1S/C17H29N3O/c1-4-11-18-13-17(21)19-12-15-7-9-16(10-8-15)14-20(5-2)6-3/h7-10,18H,4-6,11-14H2,1-3H3,(H,19,21). The molecule has 0 aliphatic rings. The second-order valence-corrected chi connectivity index (χ2v) is 5.23. The Morgan fingerprint density at radius 3 is 2.24 bits per heavy atom. The van der Waals surface area contributed by atoms with E-state index in [0.29, 0.717) is 13.1 Å². The van der Waals surface area contributed by atoms with Crippen molar-refractivity contribution in [2.45, 2.75) is 40.3 Å². The molecule has 0 spiro atoms. The van der Waals surface area contributed by atoms with Gasteiger partial charge >= 0.3 is 0 Å². The molecule has 0 aliphatic carbocycles. The number of carbonyl (C=O) groups excluding carboxylic acids is 1. The molecule has 21 heavy (non-hydrogen) atoms. The monoisotopic (exact) mass is 291 g/mol. The maximum atomic E-state index is 11.6. The molecule has 0 fully saturated rings. The lowest BCUT2D eigenvalue weighted by Gasteiger charge is -2.18. The molecule has 0 unspecified atom stereocenters. The molecule has 1 aromatic rings. The molecule has 1 amide bonds. The Morgan fingerprint density at radius 2 is 1.67 bits per heavy atom. The number of benzene rings is 1. The van der Waals surface area contributed by atoms with Crippen molar-refractivity contribution in [2.24, 2.45) is 0 Å². The molecule has 0 radical (unpaired) electrons. The van der Waals surface area contributed by atoms with E-state index in [1.807, 2.05) is 0 Å². The number of hydrogen-bond donors (Lipinski definition) is 2. The van der Waals surface area contributed by atoms with Crippen molar-refractivity contribution >= 4 is 5.91 Å². The number of rotatable bonds is 10. The fourth-order valence-electron chi connectivity index (χ4n) is 2.11. The van der Waals surface area contributed by atoms with E-state index in [1.54, 1.807) is 0 Å². The van der Waals surface area contributed by atoms with Crippen LogP contribution < -0.4 is 10.6 Å². The van der Waals surface area contributed by atoms with Gasteiger partial charge in [0.15, 0.2) is 0 Å². The first-order valence-electron chi connectivity index (χ1n) is 7.97. The molecular formula is C17H29N3O. The molecular weight excluding hydrogens is 262 g/mol. The molecule has 1 aromatic carbocycles. The summed E-state index contributed by atoms with van der Waals surface area (Å²) in [4.78, 5) is 14.0. The summed E-state index contributed by atoms with van der Waals surface area (Å²) in [6, 6.07) is 8.49. The first-order chi connectivity index (χ1) is 10.2. The van der Waals surface area contributed by atoms with Crippen LogP contribution in [-0.2, 0) is 17.9 Å². The van der Waals surface area contributed by atoms with Gasteiger partial charge in [0.2, 0.25) is 5.91 Å². The largest absolute Gasteiger partial charge is 0.351 e. The van der Waals surface area contributed by atoms with Gasteiger partial charge in [0, 0.05) is 13.1 Å². The summed E-state index contributed by atoms with van der Waals surface area (Å²) >= 11 is 0. The summed E-state index contributed by atoms with van der Waals surface area (Å²) in [5.74, 6) is 0.0515. The van der Waals surface area contributed by atoms with Crippen molar-refractivity contribution in [3.63, 3.8) is 0 Å². The minimum Gasteiger partial charge on any atom is -0.351 e. The molecule has 0 saturated heterocycles. The summed E-state index contributed by atoms with van der Waals surface area (Å²) in [7, 11) is 0. The molecule has 4 heteroatoms. The zero-order valence-electron chi connectivity index (χ0n) is 13.6. The van der Waals surface area contributed by atoms with Gasteiger partial charge in [-0.3, -0.25) is 9.69 Å². The second-order valence-electron chi connectivity index (χ2n) is 5.23. The molecule has 0 saturated carbocycles. The number of carbonyl (C=O) groups is 1. The zero-order valence-corrected chi connectivity index (χ0v) is 13.6. The number of nitrogens with one attached hydrogen (secondary N) is 2. The third kappa shape index (κ3) is 7.25. The van der Waals surface area contributed by atoms with Gasteiger partial charge < -0.3 is 10.6 Å². The van der Waals surface area contributed by atoms with Gasteiger partial charge in [-0.1, -0.05) is 45.0 Å². The molecule has 0 aromatic heterocycles. The van der Waals surface area contributed by atoms with E-state index in [-0.39, 0.29) is 5.91 Å². The molecule has 0 heterocycles. The average molecular weight is 291 g/mol. The van der Waals surface area contributed by atoms with Crippen molar-refractivity contribution in [3.05, 3.63) is 35.4 Å². The van der Waals surface area contributed by atoms with Crippen LogP contribution in [0.5, 0.6) is 0 Å². The molecule has 0 aliphatic heterocycles. The van der Waals surface area contributed by atoms with Crippen molar-refractivity contribution in [1.82, 2.24) is 15.5 Å². The van der Waals surface area contributed by atoms with Gasteiger partial charge in [0.1, 0.15) is 0 Å². The van der Waals surface area contributed by atoms with Gasteiger partial charge in [-0.15, -0.1) is 0 Å². The number of amides is 1. The Balaban J connectivity index is 2.35. The lowest BCUT2D eigenvalue weighted by atomic mass is 10.1. The highest BCUT2D eigenvalue weighted by Crippen LogP contribution is 2.07. The Labute approximate surface area is 128 Å². The summed E-state index contributed by atoms with van der Waals surface area (Å²) in [6.45, 7) is 11.4. The maximum absolute atomic E-state index is 11.6. The third-order valence-corrected chi connectivity index (χ3v) is 3.53. The molecule has 0 atom stereocenters. The van der Waals surface area contributed by atoms with Gasteiger partial charge in [-0.05, 0) is 37.2 Å². The minimum atomic E-state index is 0.0515. The third-order valence-electron chi connectivity index (χ3n) is 3.53. The highest BCUT2D eigenvalue weighted by molar-refractivity contribution is 5.77. The van der Waals surface area contributed by atoms with Crippen LogP contribution in [0.3, 0.4) is 0 Å². The van der Waals surface area contributed by atoms with Crippen LogP contribution >= 0.6 is 0 Å². The number of hydrogen-bond acceptors (Lipinski definition) is 3. The number of nitrogens with zero attached hydrogens (tertiary/aromatic N) is 1. The van der Waals surface area contributed by atoms with Crippen LogP contribution in [0.25, 0.3) is 0 Å². The van der Waals surface area contributed by atoms with E-state index >= 15 is 0 Å². The van der Waals surface area contributed by atoms with Crippen LogP contribution in [0.4, 0.5) is 0 Å². The maximum Gasteiger partial charge on any atom is 0.234 e. The van der Waals surface area contributed by atoms with Gasteiger partial charge in [0.05, 0.1) is 6.54 Å². The molecule has 1 rings (SSSR count). The van der Waals surface area contributed by atoms with Crippen LogP contribution in [-0.4, -0.2) is 37.0 Å². The van der Waals surface area contributed by atoms with E-state index in [2.05, 4.69) is 60.6 Å². The van der Waals surface area contributed by atoms with E-state index in [4.69, 9.17) is 0 Å². The van der Waals surface area contributed by atoms with Crippen LogP contribution in [0, 0.1) is 0 Å². The lowest BCUT2D eigenvalue weighted by molar-refractivity contribution is -0.120. The van der Waals surface area contributed by atoms with Crippen molar-refractivity contribution < 1.29 is 4.79 Å². The minimum absolute atomic E-state index is 0.0515. The summed E-state index contributed by atoms with van der Waals surface area (Å²) in [5, 5.41) is 6.03. The zero-order chi connectivity index (χ0) is 15.5. The van der Waals surface area contributed by atoms with Crippen LogP contribution in [0.15, 0.2) is 24.3 Å². The van der Waals surface area contributed by atoms with Crippen molar-refractivity contribution in [3.8, 4) is 0 Å². The van der Waals surface area contributed by atoms with E-state index < -0.39 is 0 Å². The van der Waals surface area contributed by atoms with E-state index in [0.717, 1.165) is 38.2 Å². The predicted molar refractivity (Wildman–Crippen MR) is 88.1 cm³/mol. The molecule has 2 N–H and O–H groups in total. The Kier molecular flexibility index (Phi) is 8.71. The first kappa shape index (κ1) is 17.7. The lowest BCUT2D eigenvalue weighted by Crippen LogP contribution is -2.33. The Hall–Kier alpha value is -1.39. The normalized spacial score (nSPS) is 10.9. The van der Waals surface area contributed by atoms with Gasteiger partial charge in [-0.25, -0.2) is 0 Å². The molecule has 118 valence electrons. The fraction of sp³-hybridized carbons (Fsp3) is 0.588. The topological polar surface area (TPSA) is 44.4 Å². The predicted octanol–water partition coefficient (Wildman–Crippen LogP) is 2.14. The SMILES string of the molecule is CCCNCC(=O)NCc1ccc(CN(CC)CC)cc1. The smallest absolute Gasteiger partial charge is 0.234 e. The fourth-order valence-corrected chi connectivity index (χ4v) is 2.11. The first-order valence-corrected chi connectivity index (χ1v) is 7.97. The quantitative estimate of drug-likeness (QED) is 0.649.